The van der Waals surface area contributed by atoms with Crippen LogP contribution in [0, 0.1) is 6.92 Å². The molecule has 0 bridgehead atoms. The summed E-state index contributed by atoms with van der Waals surface area (Å²) in [5, 5.41) is 0. The normalized spacial score (nSPS) is 20.0. The third-order valence-corrected chi connectivity index (χ3v) is 2.48. The van der Waals surface area contributed by atoms with E-state index in [-0.39, 0.29) is 6.29 Å². The molecule has 0 aliphatic carbocycles. The fourth-order valence-corrected chi connectivity index (χ4v) is 1.80. The van der Waals surface area contributed by atoms with E-state index in [9.17, 15) is 0 Å². The second-order valence-electron chi connectivity index (χ2n) is 3.65. The summed E-state index contributed by atoms with van der Waals surface area (Å²) in [6.45, 7) is 4.81. The largest absolute Gasteiger partial charge is 0.465 e. The molecule has 76 valence electrons. The molecule has 0 aromatic heterocycles. The zero-order valence-corrected chi connectivity index (χ0v) is 8.75. The predicted octanol–water partition coefficient (Wildman–Crippen LogP) is 2.68. The number of ether oxygens (including phenoxy) is 2. The van der Waals surface area contributed by atoms with E-state index in [0.29, 0.717) is 6.61 Å². The van der Waals surface area contributed by atoms with E-state index in [0.717, 1.165) is 18.6 Å². The Hall–Kier alpha value is -1.02. The minimum atomic E-state index is -0.0461. The minimum absolute atomic E-state index is 0.0461. The topological polar surface area (TPSA) is 18.5 Å². The quantitative estimate of drug-likeness (QED) is 0.717. The third kappa shape index (κ3) is 1.90. The van der Waals surface area contributed by atoms with Gasteiger partial charge in [0.1, 0.15) is 5.75 Å². The van der Waals surface area contributed by atoms with Crippen LogP contribution in [0.2, 0.25) is 0 Å². The van der Waals surface area contributed by atoms with Gasteiger partial charge in [-0.05, 0) is 31.9 Å². The number of rotatable bonds is 2. The fourth-order valence-electron chi connectivity index (χ4n) is 1.80. The number of hydrogen-bond donors (Lipinski definition) is 0. The van der Waals surface area contributed by atoms with Crippen LogP contribution >= 0.6 is 0 Å². The predicted molar refractivity (Wildman–Crippen MR) is 55.5 cm³/mol. The summed E-state index contributed by atoms with van der Waals surface area (Å²) in [4.78, 5) is 0. The molecule has 1 aromatic carbocycles. The molecule has 2 nitrogen and oxygen atoms in total. The van der Waals surface area contributed by atoms with Crippen LogP contribution in [0.4, 0.5) is 0 Å². The third-order valence-electron chi connectivity index (χ3n) is 2.48. The minimum Gasteiger partial charge on any atom is -0.465 e. The van der Waals surface area contributed by atoms with E-state index in [1.807, 2.05) is 13.0 Å². The fraction of sp³-hybridized carbons (Fsp3) is 0.500. The molecule has 1 aliphatic rings. The second kappa shape index (κ2) is 4.01. The number of hydrogen-bond acceptors (Lipinski definition) is 2. The SMILES string of the molecule is CCOC1CCc2cc(C)ccc2O1. The zero-order chi connectivity index (χ0) is 9.97. The molecule has 14 heavy (non-hydrogen) atoms. The van der Waals surface area contributed by atoms with Crippen molar-refractivity contribution in [2.75, 3.05) is 6.61 Å². The molecule has 1 aromatic rings. The Kier molecular flexibility index (Phi) is 2.73. The van der Waals surface area contributed by atoms with Gasteiger partial charge >= 0.3 is 0 Å². The molecular formula is C12H16O2. The van der Waals surface area contributed by atoms with Crippen LogP contribution in [-0.4, -0.2) is 12.9 Å². The number of benzene rings is 1. The average Bonchev–Trinajstić information content (AvgIpc) is 2.19. The van der Waals surface area contributed by atoms with E-state index in [2.05, 4.69) is 19.1 Å². The standard InChI is InChI=1S/C12H16O2/c1-3-13-12-7-5-10-8-9(2)4-6-11(10)14-12/h4,6,8,12H,3,5,7H2,1-2H3. The van der Waals surface area contributed by atoms with Crippen LogP contribution in [0.1, 0.15) is 24.5 Å². The second-order valence-corrected chi connectivity index (χ2v) is 3.65. The molecule has 0 fully saturated rings. The highest BCUT2D eigenvalue weighted by atomic mass is 16.7. The van der Waals surface area contributed by atoms with Crippen LogP contribution in [0.25, 0.3) is 0 Å². The Morgan fingerprint density at radius 1 is 1.50 bits per heavy atom. The summed E-state index contributed by atoms with van der Waals surface area (Å²) in [5.74, 6) is 0.986. The maximum Gasteiger partial charge on any atom is 0.200 e. The van der Waals surface area contributed by atoms with Gasteiger partial charge in [0.05, 0.1) is 0 Å². The molecular weight excluding hydrogens is 176 g/mol. The molecule has 1 unspecified atom stereocenters. The van der Waals surface area contributed by atoms with Gasteiger partial charge in [-0.3, -0.25) is 0 Å². The Morgan fingerprint density at radius 2 is 2.36 bits per heavy atom. The summed E-state index contributed by atoms with van der Waals surface area (Å²) in [6.07, 6.45) is 1.97. The van der Waals surface area contributed by atoms with Crippen LogP contribution < -0.4 is 4.74 Å². The Morgan fingerprint density at radius 3 is 3.14 bits per heavy atom. The lowest BCUT2D eigenvalue weighted by Gasteiger charge is -2.25. The van der Waals surface area contributed by atoms with Crippen molar-refractivity contribution in [3.05, 3.63) is 29.3 Å². The zero-order valence-electron chi connectivity index (χ0n) is 8.75. The number of fused-ring (bicyclic) bond motifs is 1. The monoisotopic (exact) mass is 192 g/mol. The van der Waals surface area contributed by atoms with Gasteiger partial charge in [0.2, 0.25) is 0 Å². The van der Waals surface area contributed by atoms with Gasteiger partial charge in [-0.25, -0.2) is 0 Å². The molecule has 2 rings (SSSR count). The highest BCUT2D eigenvalue weighted by molar-refractivity contribution is 5.38. The highest BCUT2D eigenvalue weighted by Crippen LogP contribution is 2.28. The lowest BCUT2D eigenvalue weighted by Crippen LogP contribution is -2.25. The van der Waals surface area contributed by atoms with Crippen molar-refractivity contribution < 1.29 is 9.47 Å². The van der Waals surface area contributed by atoms with Crippen LogP contribution in [-0.2, 0) is 11.2 Å². The van der Waals surface area contributed by atoms with Gasteiger partial charge in [-0.2, -0.15) is 0 Å². The number of aryl methyl sites for hydroxylation is 2. The van der Waals surface area contributed by atoms with Crippen molar-refractivity contribution in [1.82, 2.24) is 0 Å². The first-order valence-corrected chi connectivity index (χ1v) is 5.17. The average molecular weight is 192 g/mol. The summed E-state index contributed by atoms with van der Waals surface area (Å²) >= 11 is 0. The molecule has 1 heterocycles. The van der Waals surface area contributed by atoms with E-state index in [1.54, 1.807) is 0 Å². The first kappa shape index (κ1) is 9.53. The molecule has 2 heteroatoms. The van der Waals surface area contributed by atoms with Crippen LogP contribution in [0.3, 0.4) is 0 Å². The molecule has 0 saturated heterocycles. The molecule has 1 atom stereocenters. The molecule has 0 radical (unpaired) electrons. The molecule has 0 spiro atoms. The summed E-state index contributed by atoms with van der Waals surface area (Å²) in [5.41, 5.74) is 2.60. The van der Waals surface area contributed by atoms with Crippen molar-refractivity contribution in [2.45, 2.75) is 33.0 Å². The maximum absolute atomic E-state index is 5.71. The van der Waals surface area contributed by atoms with Crippen molar-refractivity contribution in [2.24, 2.45) is 0 Å². The molecule has 0 N–H and O–H groups in total. The Labute approximate surface area is 84.8 Å². The summed E-state index contributed by atoms with van der Waals surface area (Å²) in [6, 6.07) is 6.31. The van der Waals surface area contributed by atoms with Crippen molar-refractivity contribution in [3.8, 4) is 5.75 Å². The van der Waals surface area contributed by atoms with Gasteiger partial charge in [0, 0.05) is 13.0 Å². The van der Waals surface area contributed by atoms with E-state index in [4.69, 9.17) is 9.47 Å². The van der Waals surface area contributed by atoms with Crippen LogP contribution in [0.15, 0.2) is 18.2 Å². The molecule has 0 saturated carbocycles. The van der Waals surface area contributed by atoms with Crippen molar-refractivity contribution >= 4 is 0 Å². The van der Waals surface area contributed by atoms with E-state index < -0.39 is 0 Å². The first-order chi connectivity index (χ1) is 6.79. The van der Waals surface area contributed by atoms with E-state index in [1.165, 1.54) is 11.1 Å². The van der Waals surface area contributed by atoms with Gasteiger partial charge in [-0.15, -0.1) is 0 Å². The van der Waals surface area contributed by atoms with Gasteiger partial charge < -0.3 is 9.47 Å². The Bertz CT molecular complexity index is 320. The summed E-state index contributed by atoms with van der Waals surface area (Å²) in [7, 11) is 0. The van der Waals surface area contributed by atoms with Crippen molar-refractivity contribution in [1.29, 1.82) is 0 Å². The Balaban J connectivity index is 2.15. The first-order valence-electron chi connectivity index (χ1n) is 5.17. The lowest BCUT2D eigenvalue weighted by atomic mass is 10.0. The van der Waals surface area contributed by atoms with E-state index >= 15 is 0 Å². The van der Waals surface area contributed by atoms with Gasteiger partial charge in [0.25, 0.3) is 0 Å². The maximum atomic E-state index is 5.71. The van der Waals surface area contributed by atoms with Gasteiger partial charge in [0.15, 0.2) is 6.29 Å². The molecule has 0 amide bonds. The van der Waals surface area contributed by atoms with Crippen LogP contribution in [0.5, 0.6) is 5.75 Å². The highest BCUT2D eigenvalue weighted by Gasteiger charge is 2.19. The van der Waals surface area contributed by atoms with Crippen molar-refractivity contribution in [3.63, 3.8) is 0 Å². The molecule has 1 aliphatic heterocycles. The lowest BCUT2D eigenvalue weighted by molar-refractivity contribution is -0.0861. The smallest absolute Gasteiger partial charge is 0.200 e. The summed E-state index contributed by atoms with van der Waals surface area (Å²) < 4.78 is 11.2. The van der Waals surface area contributed by atoms with Gasteiger partial charge in [-0.1, -0.05) is 17.7 Å².